The Morgan fingerprint density at radius 2 is 2.46 bits per heavy atom. The van der Waals surface area contributed by atoms with Crippen LogP contribution in [0.25, 0.3) is 11.5 Å². The zero-order valence-electron chi connectivity index (χ0n) is 6.73. The van der Waals surface area contributed by atoms with E-state index in [-0.39, 0.29) is 5.38 Å². The molecule has 2 aromatic heterocycles. The van der Waals surface area contributed by atoms with E-state index < -0.39 is 0 Å². The van der Waals surface area contributed by atoms with Gasteiger partial charge in [0.25, 0.3) is 0 Å². The molecule has 0 bridgehead atoms. The third-order valence-corrected chi connectivity index (χ3v) is 1.61. The number of aromatic amines is 1. The van der Waals surface area contributed by atoms with Gasteiger partial charge in [-0.25, -0.2) is 0 Å². The molecule has 7 heteroatoms. The number of nitrogens with one attached hydrogen (secondary N) is 1. The maximum Gasteiger partial charge on any atom is 0.244 e. The molecule has 0 aliphatic heterocycles. The topological polar surface area (TPSA) is 80.5 Å². The van der Waals surface area contributed by atoms with E-state index in [1.807, 2.05) is 0 Å². The molecule has 0 aliphatic carbocycles. The van der Waals surface area contributed by atoms with Gasteiger partial charge in [0.05, 0.1) is 6.20 Å². The summed E-state index contributed by atoms with van der Waals surface area (Å²) >= 11 is 5.74. The molecule has 1 atom stereocenters. The molecule has 1 N–H and O–H groups in total. The van der Waals surface area contributed by atoms with Crippen molar-refractivity contribution in [1.82, 2.24) is 25.6 Å². The first-order chi connectivity index (χ1) is 6.27. The van der Waals surface area contributed by atoms with Gasteiger partial charge in [0.1, 0.15) is 5.38 Å². The maximum absolute atomic E-state index is 5.74. The van der Waals surface area contributed by atoms with Crippen LogP contribution in [-0.2, 0) is 0 Å². The van der Waals surface area contributed by atoms with Crippen LogP contribution in [0.2, 0.25) is 0 Å². The Labute approximate surface area is 78.3 Å². The third kappa shape index (κ3) is 1.52. The highest BCUT2D eigenvalue weighted by Crippen LogP contribution is 2.19. The van der Waals surface area contributed by atoms with E-state index in [0.29, 0.717) is 17.4 Å². The van der Waals surface area contributed by atoms with Crippen molar-refractivity contribution in [3.63, 3.8) is 0 Å². The van der Waals surface area contributed by atoms with Gasteiger partial charge in [-0.1, -0.05) is 5.16 Å². The van der Waals surface area contributed by atoms with Crippen molar-refractivity contribution >= 4 is 11.6 Å². The molecule has 0 aromatic carbocycles. The van der Waals surface area contributed by atoms with Crippen molar-refractivity contribution in [1.29, 1.82) is 0 Å². The Kier molecular flexibility index (Phi) is 1.97. The van der Waals surface area contributed by atoms with Crippen LogP contribution in [0.3, 0.4) is 0 Å². The predicted molar refractivity (Wildman–Crippen MR) is 43.9 cm³/mol. The molecule has 13 heavy (non-hydrogen) atoms. The molecule has 0 radical (unpaired) electrons. The van der Waals surface area contributed by atoms with E-state index in [1.54, 1.807) is 6.92 Å². The van der Waals surface area contributed by atoms with Gasteiger partial charge in [-0.3, -0.25) is 0 Å². The van der Waals surface area contributed by atoms with Crippen molar-refractivity contribution in [2.45, 2.75) is 12.3 Å². The highest BCUT2D eigenvalue weighted by atomic mass is 35.5. The molecule has 68 valence electrons. The molecule has 2 rings (SSSR count). The molecule has 0 saturated carbocycles. The first-order valence-electron chi connectivity index (χ1n) is 3.61. The number of alkyl halides is 1. The molecule has 0 spiro atoms. The maximum atomic E-state index is 5.74. The van der Waals surface area contributed by atoms with Crippen LogP contribution in [0.5, 0.6) is 0 Å². The van der Waals surface area contributed by atoms with Gasteiger partial charge in [-0.2, -0.15) is 20.4 Å². The number of hydrogen-bond donors (Lipinski definition) is 1. The summed E-state index contributed by atoms with van der Waals surface area (Å²) in [6, 6.07) is 0. The molecular formula is C6H6ClN5O. The molecule has 0 aliphatic rings. The van der Waals surface area contributed by atoms with Crippen LogP contribution in [0.15, 0.2) is 10.7 Å². The SMILES string of the molecule is CC(Cl)c1nc(-c2cn[nH]n2)no1. The van der Waals surface area contributed by atoms with Gasteiger partial charge >= 0.3 is 0 Å². The lowest BCUT2D eigenvalue weighted by Gasteiger charge is -1.88. The summed E-state index contributed by atoms with van der Waals surface area (Å²) in [4.78, 5) is 4.02. The standard InChI is InChI=1S/C6H6ClN5O/c1-3(7)6-9-5(11-13-6)4-2-8-12-10-4/h2-3H,1H3,(H,8,10,12). The van der Waals surface area contributed by atoms with E-state index >= 15 is 0 Å². The van der Waals surface area contributed by atoms with Crippen molar-refractivity contribution < 1.29 is 4.52 Å². The largest absolute Gasteiger partial charge is 0.337 e. The molecule has 0 fully saturated rings. The van der Waals surface area contributed by atoms with Gasteiger partial charge in [-0.15, -0.1) is 11.6 Å². The van der Waals surface area contributed by atoms with Crippen molar-refractivity contribution in [3.05, 3.63) is 12.1 Å². The molecule has 2 heterocycles. The van der Waals surface area contributed by atoms with E-state index in [0.717, 1.165) is 0 Å². The normalized spacial score (nSPS) is 13.1. The van der Waals surface area contributed by atoms with E-state index in [2.05, 4.69) is 25.6 Å². The fourth-order valence-corrected chi connectivity index (χ4v) is 0.899. The zero-order valence-corrected chi connectivity index (χ0v) is 7.49. The van der Waals surface area contributed by atoms with Gasteiger partial charge in [0.15, 0.2) is 5.69 Å². The van der Waals surface area contributed by atoms with E-state index in [4.69, 9.17) is 16.1 Å². The lowest BCUT2D eigenvalue weighted by molar-refractivity contribution is 0.379. The van der Waals surface area contributed by atoms with Crippen LogP contribution >= 0.6 is 11.6 Å². The Hall–Kier alpha value is -1.43. The minimum Gasteiger partial charge on any atom is -0.337 e. The Balaban J connectivity index is 2.33. The van der Waals surface area contributed by atoms with Gasteiger partial charge in [0.2, 0.25) is 11.7 Å². The lowest BCUT2D eigenvalue weighted by Crippen LogP contribution is -1.84. The van der Waals surface area contributed by atoms with Crippen LogP contribution in [0, 0.1) is 0 Å². The Morgan fingerprint density at radius 3 is 3.00 bits per heavy atom. The number of halogens is 1. The molecule has 0 saturated heterocycles. The number of hydrogen-bond acceptors (Lipinski definition) is 5. The third-order valence-electron chi connectivity index (χ3n) is 1.43. The number of H-pyrrole nitrogens is 1. The minimum atomic E-state index is -0.298. The summed E-state index contributed by atoms with van der Waals surface area (Å²) in [5.41, 5.74) is 0.535. The second kappa shape index (κ2) is 3.14. The summed E-state index contributed by atoms with van der Waals surface area (Å²) in [7, 11) is 0. The molecule has 6 nitrogen and oxygen atoms in total. The highest BCUT2D eigenvalue weighted by molar-refractivity contribution is 6.20. The van der Waals surface area contributed by atoms with Crippen LogP contribution in [0.1, 0.15) is 18.2 Å². The molecule has 1 unspecified atom stereocenters. The number of rotatable bonds is 2. The Bertz CT molecular complexity index is 381. The van der Waals surface area contributed by atoms with E-state index in [9.17, 15) is 0 Å². The summed E-state index contributed by atoms with van der Waals surface area (Å²) in [6.07, 6.45) is 1.51. The van der Waals surface area contributed by atoms with E-state index in [1.165, 1.54) is 6.20 Å². The molecule has 0 amide bonds. The summed E-state index contributed by atoms with van der Waals surface area (Å²) in [5, 5.41) is 13.3. The highest BCUT2D eigenvalue weighted by Gasteiger charge is 2.13. The van der Waals surface area contributed by atoms with Gasteiger partial charge in [-0.05, 0) is 6.92 Å². The minimum absolute atomic E-state index is 0.298. The first-order valence-corrected chi connectivity index (χ1v) is 4.05. The van der Waals surface area contributed by atoms with Crippen LogP contribution in [0.4, 0.5) is 0 Å². The second-order valence-corrected chi connectivity index (χ2v) is 3.08. The lowest BCUT2D eigenvalue weighted by atomic mass is 10.4. The first kappa shape index (κ1) is 8.18. The number of nitrogens with zero attached hydrogens (tertiary/aromatic N) is 4. The fourth-order valence-electron chi connectivity index (χ4n) is 0.810. The molecule has 2 aromatic rings. The monoisotopic (exact) mass is 199 g/mol. The average Bonchev–Trinajstić information content (AvgIpc) is 2.75. The summed E-state index contributed by atoms with van der Waals surface area (Å²) < 4.78 is 4.88. The quantitative estimate of drug-likeness (QED) is 0.734. The Morgan fingerprint density at radius 1 is 1.62 bits per heavy atom. The van der Waals surface area contributed by atoms with Gasteiger partial charge < -0.3 is 4.52 Å². The van der Waals surface area contributed by atoms with Crippen molar-refractivity contribution in [3.8, 4) is 11.5 Å². The van der Waals surface area contributed by atoms with Gasteiger partial charge in [0, 0.05) is 0 Å². The fraction of sp³-hybridized carbons (Fsp3) is 0.333. The smallest absolute Gasteiger partial charge is 0.244 e. The molecular weight excluding hydrogens is 194 g/mol. The average molecular weight is 200 g/mol. The van der Waals surface area contributed by atoms with Crippen molar-refractivity contribution in [2.75, 3.05) is 0 Å². The van der Waals surface area contributed by atoms with Crippen LogP contribution < -0.4 is 0 Å². The van der Waals surface area contributed by atoms with Crippen molar-refractivity contribution in [2.24, 2.45) is 0 Å². The number of aromatic nitrogens is 5. The zero-order chi connectivity index (χ0) is 9.26. The second-order valence-electron chi connectivity index (χ2n) is 2.43. The summed E-state index contributed by atoms with van der Waals surface area (Å²) in [5.74, 6) is 0.760. The van der Waals surface area contributed by atoms with Crippen LogP contribution in [-0.4, -0.2) is 25.6 Å². The predicted octanol–water partition coefficient (Wildman–Crippen LogP) is 1.15. The summed E-state index contributed by atoms with van der Waals surface area (Å²) in [6.45, 7) is 1.75.